The maximum Gasteiger partial charge on any atom is 0.325 e. The Labute approximate surface area is 202 Å². The molecule has 1 aliphatic heterocycles. The van der Waals surface area contributed by atoms with E-state index in [1.165, 1.54) is 0 Å². The molecule has 3 N–H and O–H groups in total. The van der Waals surface area contributed by atoms with E-state index in [2.05, 4.69) is 16.0 Å². The standard InChI is InChI=1S/C27H24N4O4/c32-23(29-22-15-7-5-13-20(22)24(33)28-19-11-2-1-3-12-19)17-31-25(34)27(30-26(31)35)16-8-10-18-9-4-6-14-21(18)27/h1-7,9,11-15H,8,10,16-17H2,(H,28,33)(H,29,32)(H,30,35). The van der Waals surface area contributed by atoms with Gasteiger partial charge in [0.2, 0.25) is 5.91 Å². The molecule has 176 valence electrons. The van der Waals surface area contributed by atoms with Crippen LogP contribution in [0.3, 0.4) is 0 Å². The Bertz CT molecular complexity index is 1320. The van der Waals surface area contributed by atoms with E-state index in [-0.39, 0.29) is 17.2 Å². The third-order valence-corrected chi connectivity index (χ3v) is 6.43. The average molecular weight is 469 g/mol. The zero-order valence-corrected chi connectivity index (χ0v) is 18.9. The summed E-state index contributed by atoms with van der Waals surface area (Å²) in [4.78, 5) is 52.8. The molecular weight excluding hydrogens is 444 g/mol. The fourth-order valence-electron chi connectivity index (χ4n) is 4.80. The van der Waals surface area contributed by atoms with Crippen molar-refractivity contribution in [1.29, 1.82) is 0 Å². The summed E-state index contributed by atoms with van der Waals surface area (Å²) in [5.74, 6) is -1.39. The number of hydrogen-bond donors (Lipinski definition) is 3. The number of anilines is 2. The monoisotopic (exact) mass is 468 g/mol. The van der Waals surface area contributed by atoms with Gasteiger partial charge in [0.1, 0.15) is 12.1 Å². The molecule has 3 aromatic rings. The predicted molar refractivity (Wildman–Crippen MR) is 131 cm³/mol. The van der Waals surface area contributed by atoms with E-state index in [4.69, 9.17) is 0 Å². The van der Waals surface area contributed by atoms with Crippen molar-refractivity contribution in [3.8, 4) is 0 Å². The van der Waals surface area contributed by atoms with Crippen molar-refractivity contribution in [1.82, 2.24) is 10.2 Å². The second-order valence-corrected chi connectivity index (χ2v) is 8.65. The summed E-state index contributed by atoms with van der Waals surface area (Å²) in [6.45, 7) is -0.455. The molecule has 1 saturated heterocycles. The van der Waals surface area contributed by atoms with Gasteiger partial charge in [0, 0.05) is 5.69 Å². The third-order valence-electron chi connectivity index (χ3n) is 6.43. The summed E-state index contributed by atoms with van der Waals surface area (Å²) in [5.41, 5.74) is 1.85. The second-order valence-electron chi connectivity index (χ2n) is 8.65. The van der Waals surface area contributed by atoms with Gasteiger partial charge in [-0.2, -0.15) is 0 Å². The zero-order chi connectivity index (χ0) is 24.4. The van der Waals surface area contributed by atoms with Gasteiger partial charge in [-0.05, 0) is 54.7 Å². The van der Waals surface area contributed by atoms with Crippen molar-refractivity contribution in [2.45, 2.75) is 24.8 Å². The molecule has 1 heterocycles. The van der Waals surface area contributed by atoms with Crippen molar-refractivity contribution in [3.63, 3.8) is 0 Å². The number of carbonyl (C=O) groups excluding carboxylic acids is 4. The Balaban J connectivity index is 1.32. The number of aryl methyl sites for hydroxylation is 1. The maximum absolute atomic E-state index is 13.4. The molecule has 0 aromatic heterocycles. The van der Waals surface area contributed by atoms with Crippen molar-refractivity contribution in [2.24, 2.45) is 0 Å². The van der Waals surface area contributed by atoms with Crippen LogP contribution in [0.5, 0.6) is 0 Å². The molecule has 1 spiro atoms. The number of para-hydroxylation sites is 2. The Morgan fingerprint density at radius 2 is 1.60 bits per heavy atom. The molecule has 35 heavy (non-hydrogen) atoms. The van der Waals surface area contributed by atoms with Crippen molar-refractivity contribution < 1.29 is 19.2 Å². The Morgan fingerprint density at radius 1 is 0.886 bits per heavy atom. The second kappa shape index (κ2) is 9.06. The first kappa shape index (κ1) is 22.3. The number of hydrogen-bond acceptors (Lipinski definition) is 4. The van der Waals surface area contributed by atoms with Gasteiger partial charge >= 0.3 is 6.03 Å². The summed E-state index contributed by atoms with van der Waals surface area (Å²) in [6, 6.07) is 22.5. The summed E-state index contributed by atoms with van der Waals surface area (Å²) >= 11 is 0. The van der Waals surface area contributed by atoms with Crippen molar-refractivity contribution >= 4 is 35.1 Å². The summed E-state index contributed by atoms with van der Waals surface area (Å²) in [5, 5.41) is 8.32. The molecule has 5 amide bonds. The molecule has 8 nitrogen and oxygen atoms in total. The van der Waals surface area contributed by atoms with Crippen LogP contribution < -0.4 is 16.0 Å². The van der Waals surface area contributed by atoms with Crippen molar-refractivity contribution in [3.05, 3.63) is 95.6 Å². The fourth-order valence-corrected chi connectivity index (χ4v) is 4.80. The summed E-state index contributed by atoms with van der Waals surface area (Å²) < 4.78 is 0. The minimum atomic E-state index is -1.14. The van der Waals surface area contributed by atoms with Crippen molar-refractivity contribution in [2.75, 3.05) is 17.2 Å². The van der Waals surface area contributed by atoms with E-state index in [0.29, 0.717) is 12.1 Å². The zero-order valence-electron chi connectivity index (χ0n) is 18.9. The van der Waals surface area contributed by atoms with Crippen LogP contribution >= 0.6 is 0 Å². The van der Waals surface area contributed by atoms with Gasteiger partial charge in [-0.15, -0.1) is 0 Å². The Kier molecular flexibility index (Phi) is 5.78. The normalized spacial score (nSPS) is 18.7. The molecule has 3 aromatic carbocycles. The molecule has 1 atom stereocenters. The lowest BCUT2D eigenvalue weighted by Gasteiger charge is -2.33. The van der Waals surface area contributed by atoms with Gasteiger partial charge in [-0.1, -0.05) is 54.6 Å². The Morgan fingerprint density at radius 3 is 2.43 bits per heavy atom. The van der Waals surface area contributed by atoms with Crippen LogP contribution in [0.25, 0.3) is 0 Å². The van der Waals surface area contributed by atoms with Crippen LogP contribution in [0.1, 0.15) is 34.3 Å². The molecule has 0 bridgehead atoms. The van der Waals surface area contributed by atoms with E-state index in [1.807, 2.05) is 30.3 Å². The van der Waals surface area contributed by atoms with Crippen LogP contribution in [0.2, 0.25) is 0 Å². The first-order valence-electron chi connectivity index (χ1n) is 11.5. The highest BCUT2D eigenvalue weighted by Gasteiger charge is 2.54. The summed E-state index contributed by atoms with van der Waals surface area (Å²) in [6.07, 6.45) is 2.07. The molecule has 0 radical (unpaired) electrons. The van der Waals surface area contributed by atoms with Gasteiger partial charge in [-0.3, -0.25) is 19.3 Å². The summed E-state index contributed by atoms with van der Waals surface area (Å²) in [7, 11) is 0. The van der Waals surface area contributed by atoms with E-state index in [1.54, 1.807) is 48.5 Å². The topological polar surface area (TPSA) is 108 Å². The number of carbonyl (C=O) groups is 4. The van der Waals surface area contributed by atoms with E-state index >= 15 is 0 Å². The fraction of sp³-hybridized carbons (Fsp3) is 0.185. The largest absolute Gasteiger partial charge is 0.325 e. The Hall–Kier alpha value is -4.46. The highest BCUT2D eigenvalue weighted by atomic mass is 16.2. The minimum Gasteiger partial charge on any atom is -0.324 e. The van der Waals surface area contributed by atoms with Crippen LogP contribution in [0.4, 0.5) is 16.2 Å². The van der Waals surface area contributed by atoms with Crippen LogP contribution in [-0.2, 0) is 21.5 Å². The number of fused-ring (bicyclic) bond motifs is 2. The molecule has 5 rings (SSSR count). The number of nitrogens with one attached hydrogen (secondary N) is 3. The average Bonchev–Trinajstić information content (AvgIpc) is 3.10. The van der Waals surface area contributed by atoms with Gasteiger partial charge in [0.15, 0.2) is 0 Å². The first-order valence-corrected chi connectivity index (χ1v) is 11.5. The van der Waals surface area contributed by atoms with Gasteiger partial charge < -0.3 is 16.0 Å². The lowest BCUT2D eigenvalue weighted by atomic mass is 9.76. The molecule has 0 saturated carbocycles. The molecule has 1 fully saturated rings. The number of nitrogens with zero attached hydrogens (tertiary/aromatic N) is 1. The molecule has 2 aliphatic rings. The number of imide groups is 1. The van der Waals surface area contributed by atoms with E-state index in [0.717, 1.165) is 28.9 Å². The number of benzene rings is 3. The quantitative estimate of drug-likeness (QED) is 0.497. The SMILES string of the molecule is O=C(CN1C(=O)NC2(CCCc3ccccc32)C1=O)Nc1ccccc1C(=O)Nc1ccccc1. The lowest BCUT2D eigenvalue weighted by Crippen LogP contribution is -2.47. The third kappa shape index (κ3) is 4.14. The minimum absolute atomic E-state index is 0.264. The highest BCUT2D eigenvalue weighted by Crippen LogP contribution is 2.39. The maximum atomic E-state index is 13.4. The van der Waals surface area contributed by atoms with Gasteiger partial charge in [-0.25, -0.2) is 4.79 Å². The predicted octanol–water partition coefficient (Wildman–Crippen LogP) is 3.66. The number of urea groups is 1. The lowest BCUT2D eigenvalue weighted by molar-refractivity contribution is -0.134. The molecule has 1 aliphatic carbocycles. The number of amides is 5. The van der Waals surface area contributed by atoms with Crippen LogP contribution in [0.15, 0.2) is 78.9 Å². The van der Waals surface area contributed by atoms with Gasteiger partial charge in [0.25, 0.3) is 11.8 Å². The molecule has 1 unspecified atom stereocenters. The number of rotatable bonds is 5. The van der Waals surface area contributed by atoms with Crippen LogP contribution in [-0.4, -0.2) is 35.2 Å². The van der Waals surface area contributed by atoms with E-state index < -0.39 is 29.9 Å². The van der Waals surface area contributed by atoms with Crippen LogP contribution in [0, 0.1) is 0 Å². The van der Waals surface area contributed by atoms with Gasteiger partial charge in [0.05, 0.1) is 11.3 Å². The molecule has 8 heteroatoms. The smallest absolute Gasteiger partial charge is 0.324 e. The molecular formula is C27H24N4O4. The van der Waals surface area contributed by atoms with E-state index in [9.17, 15) is 19.2 Å². The highest BCUT2D eigenvalue weighted by molar-refractivity contribution is 6.13. The first-order chi connectivity index (χ1) is 17.0.